The van der Waals surface area contributed by atoms with Crippen LogP contribution >= 0.6 is 0 Å². The van der Waals surface area contributed by atoms with Gasteiger partial charge in [0.25, 0.3) is 0 Å². The van der Waals surface area contributed by atoms with Crippen molar-refractivity contribution in [3.63, 3.8) is 0 Å². The topological polar surface area (TPSA) is 17.8 Å². The molecule has 2 atom stereocenters. The fourth-order valence-electron chi connectivity index (χ4n) is 7.07. The van der Waals surface area contributed by atoms with E-state index in [0.29, 0.717) is 5.92 Å². The van der Waals surface area contributed by atoms with Crippen molar-refractivity contribution in [1.82, 2.24) is 9.55 Å². The minimum atomic E-state index is -0.0235. The van der Waals surface area contributed by atoms with E-state index < -0.39 is 0 Å². The van der Waals surface area contributed by atoms with Crippen LogP contribution in [0.15, 0.2) is 73.1 Å². The number of rotatable bonds is 25. The predicted molar refractivity (Wildman–Crippen MR) is 188 cm³/mol. The summed E-state index contributed by atoms with van der Waals surface area (Å²) in [5.74, 6) is 1.69. The highest BCUT2D eigenvalue weighted by atomic mass is 15.1. The first kappa shape index (κ1) is 35.1. The maximum absolute atomic E-state index is 5.13. The molecule has 1 heterocycles. The molecule has 2 heteroatoms. The Morgan fingerprint density at radius 1 is 0.605 bits per heavy atom. The van der Waals surface area contributed by atoms with Gasteiger partial charge in [0.2, 0.25) is 0 Å². The van der Waals surface area contributed by atoms with Crippen LogP contribution in [-0.4, -0.2) is 9.55 Å². The van der Waals surface area contributed by atoms with Crippen molar-refractivity contribution in [2.45, 2.75) is 167 Å². The van der Waals surface area contributed by atoms with Gasteiger partial charge >= 0.3 is 0 Å². The molecule has 0 aliphatic rings. The molecule has 238 valence electrons. The average Bonchev–Trinajstić information content (AvgIpc) is 3.50. The Hall–Kier alpha value is -2.35. The molecule has 0 spiro atoms. The van der Waals surface area contributed by atoms with E-state index in [9.17, 15) is 0 Å². The van der Waals surface area contributed by atoms with Crippen LogP contribution in [0.25, 0.3) is 0 Å². The molecule has 0 fully saturated rings. The molecular weight excluding hydrogens is 520 g/mol. The van der Waals surface area contributed by atoms with Crippen LogP contribution in [0, 0.1) is 0 Å². The first-order chi connectivity index (χ1) is 21.2. The number of hydrogen-bond acceptors (Lipinski definition) is 1. The SMILES string of the molecule is CCCCCCCCCCCCC(c1nccn1CCCCCCCCCC)C(C)(Cc1ccccc1)c1ccccc1. The van der Waals surface area contributed by atoms with Crippen molar-refractivity contribution in [2.75, 3.05) is 0 Å². The molecule has 1 aromatic heterocycles. The van der Waals surface area contributed by atoms with Crippen LogP contribution in [0.3, 0.4) is 0 Å². The summed E-state index contributed by atoms with van der Waals surface area (Å²) in [6.45, 7) is 8.22. The second-order valence-electron chi connectivity index (χ2n) is 13.4. The lowest BCUT2D eigenvalue weighted by Gasteiger charge is -2.39. The van der Waals surface area contributed by atoms with E-state index in [2.05, 4.69) is 98.4 Å². The lowest BCUT2D eigenvalue weighted by Crippen LogP contribution is -2.35. The first-order valence-corrected chi connectivity index (χ1v) is 18.3. The van der Waals surface area contributed by atoms with Crippen molar-refractivity contribution in [1.29, 1.82) is 0 Å². The molecule has 0 saturated carbocycles. The summed E-state index contributed by atoms with van der Waals surface area (Å²) in [5.41, 5.74) is 2.84. The maximum Gasteiger partial charge on any atom is 0.112 e. The van der Waals surface area contributed by atoms with Gasteiger partial charge in [-0.2, -0.15) is 0 Å². The molecule has 0 aliphatic carbocycles. The Labute approximate surface area is 266 Å². The zero-order chi connectivity index (χ0) is 30.4. The van der Waals surface area contributed by atoms with E-state index in [1.54, 1.807) is 0 Å². The summed E-state index contributed by atoms with van der Waals surface area (Å²) >= 11 is 0. The summed E-state index contributed by atoms with van der Waals surface area (Å²) in [5, 5.41) is 0. The van der Waals surface area contributed by atoms with Gasteiger partial charge in [0.15, 0.2) is 0 Å². The van der Waals surface area contributed by atoms with Crippen LogP contribution in [0.2, 0.25) is 0 Å². The van der Waals surface area contributed by atoms with Gasteiger partial charge in [0, 0.05) is 30.3 Å². The van der Waals surface area contributed by atoms with Crippen molar-refractivity contribution in [2.24, 2.45) is 0 Å². The third kappa shape index (κ3) is 12.7. The van der Waals surface area contributed by atoms with E-state index in [1.807, 2.05) is 0 Å². The van der Waals surface area contributed by atoms with Gasteiger partial charge in [-0.1, -0.05) is 191 Å². The third-order valence-corrected chi connectivity index (χ3v) is 9.77. The summed E-state index contributed by atoms with van der Waals surface area (Å²) in [7, 11) is 0. The number of unbranched alkanes of at least 4 members (excludes halogenated alkanes) is 16. The highest BCUT2D eigenvalue weighted by molar-refractivity contribution is 5.33. The summed E-state index contributed by atoms with van der Waals surface area (Å²) in [4.78, 5) is 5.13. The Kier molecular flexibility index (Phi) is 17.5. The molecule has 3 aromatic rings. The van der Waals surface area contributed by atoms with Crippen LogP contribution in [-0.2, 0) is 18.4 Å². The zero-order valence-corrected chi connectivity index (χ0v) is 28.2. The number of aromatic nitrogens is 2. The van der Waals surface area contributed by atoms with Crippen LogP contribution in [0.4, 0.5) is 0 Å². The molecule has 2 unspecified atom stereocenters. The highest BCUT2D eigenvalue weighted by Gasteiger charge is 2.39. The second-order valence-corrected chi connectivity index (χ2v) is 13.4. The van der Waals surface area contributed by atoms with Gasteiger partial charge in [0.1, 0.15) is 5.82 Å². The maximum atomic E-state index is 5.13. The molecule has 0 bridgehead atoms. The van der Waals surface area contributed by atoms with E-state index in [4.69, 9.17) is 4.98 Å². The number of imidazole rings is 1. The van der Waals surface area contributed by atoms with E-state index in [0.717, 1.165) is 13.0 Å². The summed E-state index contributed by atoms with van der Waals surface area (Å²) in [6, 6.07) is 22.5. The normalized spacial score (nSPS) is 13.7. The molecule has 43 heavy (non-hydrogen) atoms. The zero-order valence-electron chi connectivity index (χ0n) is 28.2. The average molecular weight is 585 g/mol. The molecule has 0 amide bonds. The fraction of sp³-hybridized carbons (Fsp3) is 0.634. The molecule has 0 radical (unpaired) electrons. The highest BCUT2D eigenvalue weighted by Crippen LogP contribution is 2.44. The molecule has 0 saturated heterocycles. The molecule has 0 N–H and O–H groups in total. The van der Waals surface area contributed by atoms with Crippen LogP contribution in [0.5, 0.6) is 0 Å². The third-order valence-electron chi connectivity index (χ3n) is 9.77. The Bertz CT molecular complexity index is 1060. The van der Waals surface area contributed by atoms with E-state index >= 15 is 0 Å². The number of aryl methyl sites for hydroxylation is 1. The van der Waals surface area contributed by atoms with E-state index in [1.165, 1.54) is 139 Å². The molecule has 2 aromatic carbocycles. The monoisotopic (exact) mass is 585 g/mol. The number of benzene rings is 2. The molecule has 3 rings (SSSR count). The van der Waals surface area contributed by atoms with Gasteiger partial charge in [-0.15, -0.1) is 0 Å². The van der Waals surface area contributed by atoms with Crippen LogP contribution in [0.1, 0.15) is 166 Å². The summed E-state index contributed by atoms with van der Waals surface area (Å²) in [6.07, 6.45) is 31.2. The summed E-state index contributed by atoms with van der Waals surface area (Å²) < 4.78 is 2.52. The van der Waals surface area contributed by atoms with Crippen LogP contribution < -0.4 is 0 Å². The van der Waals surface area contributed by atoms with Gasteiger partial charge < -0.3 is 4.57 Å². The lowest BCUT2D eigenvalue weighted by molar-refractivity contribution is 0.321. The van der Waals surface area contributed by atoms with Gasteiger partial charge in [-0.05, 0) is 30.4 Å². The smallest absolute Gasteiger partial charge is 0.112 e. The number of nitrogens with zero attached hydrogens (tertiary/aromatic N) is 2. The van der Waals surface area contributed by atoms with E-state index in [-0.39, 0.29) is 5.41 Å². The van der Waals surface area contributed by atoms with Gasteiger partial charge in [-0.25, -0.2) is 4.98 Å². The van der Waals surface area contributed by atoms with Crippen molar-refractivity contribution >= 4 is 0 Å². The molecular formula is C41H64N2. The predicted octanol–water partition coefficient (Wildman–Crippen LogP) is 12.6. The molecule has 2 nitrogen and oxygen atoms in total. The standard InChI is InChI=1S/C41H64N2/c1-4-6-8-10-12-14-15-16-18-26-32-39(40-42-33-35-43(40)34-27-19-17-13-11-9-7-5-2)41(3,38-30-24-21-25-31-38)36-37-28-22-20-23-29-37/h20-25,28-31,33,35,39H,4-19,26-27,32,34,36H2,1-3H3. The second kappa shape index (κ2) is 21.4. The Balaban J connectivity index is 1.70. The Morgan fingerprint density at radius 3 is 1.65 bits per heavy atom. The lowest BCUT2D eigenvalue weighted by atomic mass is 9.66. The largest absolute Gasteiger partial charge is 0.335 e. The Morgan fingerprint density at radius 2 is 1.09 bits per heavy atom. The minimum absolute atomic E-state index is 0.0235. The molecule has 0 aliphatic heterocycles. The fourth-order valence-corrected chi connectivity index (χ4v) is 7.07. The van der Waals surface area contributed by atoms with Gasteiger partial charge in [-0.3, -0.25) is 0 Å². The van der Waals surface area contributed by atoms with Crippen molar-refractivity contribution in [3.8, 4) is 0 Å². The first-order valence-electron chi connectivity index (χ1n) is 18.3. The number of hydrogen-bond donors (Lipinski definition) is 0. The van der Waals surface area contributed by atoms with Crippen molar-refractivity contribution in [3.05, 3.63) is 90.0 Å². The van der Waals surface area contributed by atoms with Gasteiger partial charge in [0.05, 0.1) is 0 Å². The quantitative estimate of drug-likeness (QED) is 0.0906. The minimum Gasteiger partial charge on any atom is -0.335 e. The van der Waals surface area contributed by atoms with Crippen molar-refractivity contribution < 1.29 is 0 Å².